The molecule has 1 atom stereocenters. The van der Waals surface area contributed by atoms with E-state index in [0.29, 0.717) is 29.3 Å². The molecule has 2 aromatic carbocycles. The number of carbonyl (C=O) groups is 1. The van der Waals surface area contributed by atoms with Gasteiger partial charge in [-0.2, -0.15) is 0 Å². The molecule has 152 valence electrons. The van der Waals surface area contributed by atoms with Crippen LogP contribution in [0.3, 0.4) is 0 Å². The molecule has 0 radical (unpaired) electrons. The Labute approximate surface area is 174 Å². The standard InChI is InChI=1S/C23H24ClNO4/c1-13-19-16(9-10-17-20(19)18(27-4)11-23(2,3)29-17)28-21(13)22(26)25-12-14-7-5-6-8-15(14)24/h5-10,18H,11-12H2,1-4H3,(H,25,26). The van der Waals surface area contributed by atoms with Crippen LogP contribution >= 0.6 is 11.6 Å². The van der Waals surface area contributed by atoms with Crippen molar-refractivity contribution < 1.29 is 18.7 Å². The van der Waals surface area contributed by atoms with Gasteiger partial charge in [-0.3, -0.25) is 4.79 Å². The third kappa shape index (κ3) is 3.61. The topological polar surface area (TPSA) is 60.7 Å². The quantitative estimate of drug-likeness (QED) is 0.607. The van der Waals surface area contributed by atoms with E-state index in [0.717, 1.165) is 27.8 Å². The number of hydrogen-bond acceptors (Lipinski definition) is 4. The minimum absolute atomic E-state index is 0.132. The zero-order valence-corrected chi connectivity index (χ0v) is 17.7. The number of ether oxygens (including phenoxy) is 2. The molecule has 1 aromatic heterocycles. The fraction of sp³-hybridized carbons (Fsp3) is 0.348. The van der Waals surface area contributed by atoms with Crippen molar-refractivity contribution in [3.8, 4) is 5.75 Å². The summed E-state index contributed by atoms with van der Waals surface area (Å²) in [5, 5.41) is 4.40. The first-order chi connectivity index (χ1) is 13.8. The van der Waals surface area contributed by atoms with Crippen LogP contribution in [0.25, 0.3) is 11.0 Å². The molecular weight excluding hydrogens is 390 g/mol. The number of nitrogens with one attached hydrogen (secondary N) is 1. The second-order valence-electron chi connectivity index (χ2n) is 7.97. The maximum Gasteiger partial charge on any atom is 0.287 e. The zero-order valence-electron chi connectivity index (χ0n) is 17.0. The molecule has 1 N–H and O–H groups in total. The number of amides is 1. The van der Waals surface area contributed by atoms with Gasteiger partial charge in [-0.05, 0) is 44.5 Å². The highest BCUT2D eigenvalue weighted by Crippen LogP contribution is 2.46. The van der Waals surface area contributed by atoms with E-state index in [1.54, 1.807) is 13.2 Å². The number of rotatable bonds is 4. The third-order valence-electron chi connectivity index (χ3n) is 5.37. The molecule has 1 aliphatic heterocycles. The molecule has 1 amide bonds. The van der Waals surface area contributed by atoms with Gasteiger partial charge in [0.25, 0.3) is 5.91 Å². The maximum atomic E-state index is 12.8. The highest BCUT2D eigenvalue weighted by molar-refractivity contribution is 6.31. The van der Waals surface area contributed by atoms with Crippen molar-refractivity contribution in [2.75, 3.05) is 7.11 Å². The van der Waals surface area contributed by atoms with Crippen LogP contribution in [0.5, 0.6) is 5.75 Å². The van der Waals surface area contributed by atoms with E-state index in [4.69, 9.17) is 25.5 Å². The molecule has 0 saturated heterocycles. The Balaban J connectivity index is 1.70. The average molecular weight is 414 g/mol. The van der Waals surface area contributed by atoms with Gasteiger partial charge in [0.15, 0.2) is 5.76 Å². The van der Waals surface area contributed by atoms with Crippen LogP contribution in [-0.2, 0) is 11.3 Å². The highest BCUT2D eigenvalue weighted by Gasteiger charge is 2.36. The molecule has 0 aliphatic carbocycles. The Morgan fingerprint density at radius 2 is 2.03 bits per heavy atom. The number of hydrogen-bond donors (Lipinski definition) is 1. The molecule has 0 saturated carbocycles. The first-order valence-corrected chi connectivity index (χ1v) is 9.98. The van der Waals surface area contributed by atoms with Crippen LogP contribution in [0.15, 0.2) is 40.8 Å². The van der Waals surface area contributed by atoms with E-state index in [-0.39, 0.29) is 17.6 Å². The van der Waals surface area contributed by atoms with Crippen molar-refractivity contribution in [3.05, 3.63) is 63.9 Å². The van der Waals surface area contributed by atoms with Crippen molar-refractivity contribution in [2.45, 2.75) is 45.4 Å². The summed E-state index contributed by atoms with van der Waals surface area (Å²) >= 11 is 6.18. The number of fused-ring (bicyclic) bond motifs is 3. The fourth-order valence-corrected chi connectivity index (χ4v) is 4.17. The number of methoxy groups -OCH3 is 1. The van der Waals surface area contributed by atoms with Gasteiger partial charge in [0.05, 0.1) is 6.10 Å². The lowest BCUT2D eigenvalue weighted by molar-refractivity contribution is -0.00978. The SMILES string of the molecule is COC1CC(C)(C)Oc2ccc3oc(C(=O)NCc4ccccc4Cl)c(C)c3c21. The van der Waals surface area contributed by atoms with E-state index in [1.807, 2.05) is 51.1 Å². The number of carbonyl (C=O) groups excluding carboxylic acids is 1. The molecule has 1 unspecified atom stereocenters. The summed E-state index contributed by atoms with van der Waals surface area (Å²) in [4.78, 5) is 12.8. The van der Waals surface area contributed by atoms with E-state index < -0.39 is 0 Å². The Hall–Kier alpha value is -2.50. The van der Waals surface area contributed by atoms with Gasteiger partial charge in [-0.25, -0.2) is 0 Å². The molecule has 5 nitrogen and oxygen atoms in total. The maximum absolute atomic E-state index is 12.8. The largest absolute Gasteiger partial charge is 0.487 e. The monoisotopic (exact) mass is 413 g/mol. The Bertz CT molecular complexity index is 1090. The predicted octanol–water partition coefficient (Wildman–Crippen LogP) is 5.57. The van der Waals surface area contributed by atoms with E-state index in [9.17, 15) is 4.79 Å². The molecular formula is C23H24ClNO4. The van der Waals surface area contributed by atoms with Crippen LogP contribution in [0.1, 0.15) is 53.6 Å². The molecule has 1 aliphatic rings. The summed E-state index contributed by atoms with van der Waals surface area (Å²) in [5.74, 6) is 0.783. The van der Waals surface area contributed by atoms with Gasteiger partial charge in [0.1, 0.15) is 16.9 Å². The van der Waals surface area contributed by atoms with Gasteiger partial charge >= 0.3 is 0 Å². The molecule has 3 aromatic rings. The molecule has 2 heterocycles. The second-order valence-corrected chi connectivity index (χ2v) is 8.38. The first kappa shape index (κ1) is 19.8. The number of halogens is 1. The van der Waals surface area contributed by atoms with Gasteiger partial charge in [-0.1, -0.05) is 29.8 Å². The lowest BCUT2D eigenvalue weighted by Gasteiger charge is -2.37. The fourth-order valence-electron chi connectivity index (χ4n) is 3.96. The summed E-state index contributed by atoms with van der Waals surface area (Å²) < 4.78 is 17.9. The number of furan rings is 1. The van der Waals surface area contributed by atoms with Crippen molar-refractivity contribution in [1.29, 1.82) is 0 Å². The summed E-state index contributed by atoms with van der Waals surface area (Å²) in [5.41, 5.74) is 2.89. The summed E-state index contributed by atoms with van der Waals surface area (Å²) in [7, 11) is 1.70. The smallest absolute Gasteiger partial charge is 0.287 e. The summed E-state index contributed by atoms with van der Waals surface area (Å²) in [6, 6.07) is 11.2. The lowest BCUT2D eigenvalue weighted by atomic mass is 9.89. The average Bonchev–Trinajstić information content (AvgIpc) is 3.02. The highest BCUT2D eigenvalue weighted by atomic mass is 35.5. The van der Waals surface area contributed by atoms with Crippen molar-refractivity contribution in [3.63, 3.8) is 0 Å². The zero-order chi connectivity index (χ0) is 20.8. The predicted molar refractivity (Wildman–Crippen MR) is 113 cm³/mol. The van der Waals surface area contributed by atoms with Crippen LogP contribution < -0.4 is 10.1 Å². The Morgan fingerprint density at radius 1 is 1.28 bits per heavy atom. The van der Waals surface area contributed by atoms with Crippen LogP contribution in [0.4, 0.5) is 0 Å². The van der Waals surface area contributed by atoms with Crippen molar-refractivity contribution in [1.82, 2.24) is 5.32 Å². The normalized spacial score (nSPS) is 17.6. The molecule has 0 bridgehead atoms. The molecule has 0 fully saturated rings. The van der Waals surface area contributed by atoms with Crippen LogP contribution in [0.2, 0.25) is 5.02 Å². The Morgan fingerprint density at radius 3 is 2.76 bits per heavy atom. The number of aryl methyl sites for hydroxylation is 1. The minimum atomic E-state index is -0.325. The molecule has 0 spiro atoms. The van der Waals surface area contributed by atoms with Crippen molar-refractivity contribution >= 4 is 28.5 Å². The summed E-state index contributed by atoms with van der Waals surface area (Å²) in [6.45, 7) is 6.30. The third-order valence-corrected chi connectivity index (χ3v) is 5.74. The van der Waals surface area contributed by atoms with Crippen LogP contribution in [-0.4, -0.2) is 18.6 Å². The van der Waals surface area contributed by atoms with E-state index in [1.165, 1.54) is 0 Å². The molecule has 6 heteroatoms. The van der Waals surface area contributed by atoms with Gasteiger partial charge in [0.2, 0.25) is 0 Å². The second kappa shape index (κ2) is 7.39. The van der Waals surface area contributed by atoms with Crippen molar-refractivity contribution in [2.24, 2.45) is 0 Å². The van der Waals surface area contributed by atoms with E-state index >= 15 is 0 Å². The van der Waals surface area contributed by atoms with Crippen LogP contribution in [0, 0.1) is 6.92 Å². The Kier molecular flexibility index (Phi) is 5.05. The van der Waals surface area contributed by atoms with Gasteiger partial charge in [-0.15, -0.1) is 0 Å². The minimum Gasteiger partial charge on any atom is -0.487 e. The first-order valence-electron chi connectivity index (χ1n) is 9.60. The number of benzene rings is 2. The van der Waals surface area contributed by atoms with Gasteiger partial charge < -0.3 is 19.2 Å². The molecule has 29 heavy (non-hydrogen) atoms. The lowest BCUT2D eigenvalue weighted by Crippen LogP contribution is -2.35. The van der Waals surface area contributed by atoms with E-state index in [2.05, 4.69) is 5.32 Å². The van der Waals surface area contributed by atoms with Gasteiger partial charge in [0, 0.05) is 41.6 Å². The summed E-state index contributed by atoms with van der Waals surface area (Å²) in [6.07, 6.45) is 0.585. The molecule has 4 rings (SSSR count).